The lowest BCUT2D eigenvalue weighted by Gasteiger charge is -2.25. The number of ether oxygens (including phenoxy) is 1. The Kier molecular flexibility index (Phi) is 7.75. The van der Waals surface area contributed by atoms with Crippen molar-refractivity contribution in [2.75, 3.05) is 31.6 Å². The van der Waals surface area contributed by atoms with Crippen molar-refractivity contribution < 1.29 is 13.9 Å². The van der Waals surface area contributed by atoms with E-state index in [0.717, 1.165) is 25.2 Å². The average Bonchev–Trinajstić information content (AvgIpc) is 2.51. The minimum Gasteiger partial charge on any atom is -0.468 e. The highest BCUT2D eigenvalue weighted by Crippen LogP contribution is 2.15. The second kappa shape index (κ2) is 9.34. The first kappa shape index (κ1) is 17.4. The van der Waals surface area contributed by atoms with Crippen molar-refractivity contribution in [1.29, 1.82) is 0 Å². The van der Waals surface area contributed by atoms with Gasteiger partial charge in [0.2, 0.25) is 0 Å². The third kappa shape index (κ3) is 5.71. The first-order valence-electron chi connectivity index (χ1n) is 7.44. The molecule has 1 aromatic rings. The number of methoxy groups -OCH3 is 1. The van der Waals surface area contributed by atoms with Gasteiger partial charge < -0.3 is 15.0 Å². The van der Waals surface area contributed by atoms with Crippen LogP contribution in [0.5, 0.6) is 0 Å². The Morgan fingerprint density at radius 2 is 2.00 bits per heavy atom. The van der Waals surface area contributed by atoms with E-state index in [2.05, 4.69) is 17.1 Å². The summed E-state index contributed by atoms with van der Waals surface area (Å²) in [5, 5.41) is 3.20. The van der Waals surface area contributed by atoms with Crippen LogP contribution in [0.25, 0.3) is 0 Å². The van der Waals surface area contributed by atoms with Crippen LogP contribution in [0, 0.1) is 5.82 Å². The molecular formula is C16H25FN2O2. The van der Waals surface area contributed by atoms with Crippen LogP contribution in [0.2, 0.25) is 0 Å². The molecule has 0 spiro atoms. The van der Waals surface area contributed by atoms with Gasteiger partial charge in [0, 0.05) is 18.8 Å². The van der Waals surface area contributed by atoms with E-state index in [1.807, 2.05) is 6.92 Å². The highest BCUT2D eigenvalue weighted by molar-refractivity contribution is 5.75. The number of carbonyl (C=O) groups excluding carboxylic acids is 1. The summed E-state index contributed by atoms with van der Waals surface area (Å²) in [4.78, 5) is 13.9. The summed E-state index contributed by atoms with van der Waals surface area (Å²) in [6, 6.07) is 6.11. The van der Waals surface area contributed by atoms with Crippen molar-refractivity contribution in [2.45, 2.75) is 32.7 Å². The van der Waals surface area contributed by atoms with Crippen LogP contribution in [0.1, 0.15) is 26.7 Å². The monoisotopic (exact) mass is 296 g/mol. The molecule has 1 rings (SSSR count). The standard InChI is InChI=1S/C16H25FN2O2/c1-4-11-18-15(16(20)21-3)10-12-19(5-2)14-8-6-13(17)7-9-14/h6-9,15,18H,4-5,10-12H2,1-3H3. The van der Waals surface area contributed by atoms with Gasteiger partial charge in [-0.3, -0.25) is 4.79 Å². The molecule has 0 fully saturated rings. The zero-order valence-electron chi connectivity index (χ0n) is 13.1. The van der Waals surface area contributed by atoms with Crippen molar-refractivity contribution >= 4 is 11.7 Å². The third-order valence-electron chi connectivity index (χ3n) is 3.39. The quantitative estimate of drug-likeness (QED) is 0.711. The van der Waals surface area contributed by atoms with Gasteiger partial charge in [0.05, 0.1) is 7.11 Å². The molecule has 118 valence electrons. The Bertz CT molecular complexity index is 423. The zero-order chi connectivity index (χ0) is 15.7. The number of benzene rings is 1. The minimum absolute atomic E-state index is 0.237. The second-order valence-electron chi connectivity index (χ2n) is 4.87. The van der Waals surface area contributed by atoms with Crippen LogP contribution in [0.3, 0.4) is 0 Å². The molecule has 0 saturated heterocycles. The maximum Gasteiger partial charge on any atom is 0.322 e. The summed E-state index contributed by atoms with van der Waals surface area (Å²) in [7, 11) is 1.40. The molecule has 0 aliphatic heterocycles. The Balaban J connectivity index is 2.62. The van der Waals surface area contributed by atoms with Gasteiger partial charge in [0.1, 0.15) is 11.9 Å². The Labute approximate surface area is 126 Å². The predicted molar refractivity (Wildman–Crippen MR) is 83.0 cm³/mol. The molecule has 1 N–H and O–H groups in total. The van der Waals surface area contributed by atoms with Crippen molar-refractivity contribution in [1.82, 2.24) is 5.32 Å². The molecule has 21 heavy (non-hydrogen) atoms. The van der Waals surface area contributed by atoms with Gasteiger partial charge in [-0.1, -0.05) is 6.92 Å². The van der Waals surface area contributed by atoms with Crippen LogP contribution in [-0.4, -0.2) is 38.8 Å². The maximum absolute atomic E-state index is 13.0. The number of nitrogens with one attached hydrogen (secondary N) is 1. The lowest BCUT2D eigenvalue weighted by atomic mass is 10.1. The fourth-order valence-electron chi connectivity index (χ4n) is 2.17. The number of anilines is 1. The molecule has 1 atom stereocenters. The van der Waals surface area contributed by atoms with Crippen LogP contribution in [-0.2, 0) is 9.53 Å². The zero-order valence-corrected chi connectivity index (χ0v) is 13.1. The van der Waals surface area contributed by atoms with E-state index >= 15 is 0 Å². The van der Waals surface area contributed by atoms with E-state index in [1.54, 1.807) is 12.1 Å². The van der Waals surface area contributed by atoms with E-state index in [9.17, 15) is 9.18 Å². The Morgan fingerprint density at radius 1 is 1.33 bits per heavy atom. The largest absolute Gasteiger partial charge is 0.468 e. The van der Waals surface area contributed by atoms with Gasteiger partial charge in [0.25, 0.3) is 0 Å². The van der Waals surface area contributed by atoms with Crippen LogP contribution in [0.15, 0.2) is 24.3 Å². The Morgan fingerprint density at radius 3 is 2.52 bits per heavy atom. The third-order valence-corrected chi connectivity index (χ3v) is 3.39. The Hall–Kier alpha value is -1.62. The van der Waals surface area contributed by atoms with Gasteiger partial charge in [-0.15, -0.1) is 0 Å². The number of rotatable bonds is 9. The number of hydrogen-bond acceptors (Lipinski definition) is 4. The molecule has 5 heteroatoms. The highest BCUT2D eigenvalue weighted by atomic mass is 19.1. The number of hydrogen-bond donors (Lipinski definition) is 1. The first-order valence-corrected chi connectivity index (χ1v) is 7.44. The van der Waals surface area contributed by atoms with Gasteiger partial charge in [-0.05, 0) is 50.6 Å². The van der Waals surface area contributed by atoms with Gasteiger partial charge in [0.15, 0.2) is 0 Å². The topological polar surface area (TPSA) is 41.6 Å². The lowest BCUT2D eigenvalue weighted by Crippen LogP contribution is -2.41. The van der Waals surface area contributed by atoms with Crippen molar-refractivity contribution in [3.05, 3.63) is 30.1 Å². The lowest BCUT2D eigenvalue weighted by molar-refractivity contribution is -0.143. The molecule has 0 saturated carbocycles. The smallest absolute Gasteiger partial charge is 0.322 e. The highest BCUT2D eigenvalue weighted by Gasteiger charge is 2.19. The van der Waals surface area contributed by atoms with Crippen molar-refractivity contribution in [2.24, 2.45) is 0 Å². The summed E-state index contributed by atoms with van der Waals surface area (Å²) in [6.45, 7) is 6.38. The van der Waals surface area contributed by atoms with E-state index in [1.165, 1.54) is 19.2 Å². The molecular weight excluding hydrogens is 271 g/mol. The first-order chi connectivity index (χ1) is 10.1. The molecule has 0 radical (unpaired) electrons. The van der Waals surface area contributed by atoms with Crippen molar-refractivity contribution in [3.63, 3.8) is 0 Å². The van der Waals surface area contributed by atoms with Gasteiger partial charge in [-0.2, -0.15) is 0 Å². The van der Waals surface area contributed by atoms with Crippen LogP contribution < -0.4 is 10.2 Å². The normalized spacial score (nSPS) is 12.0. The van der Waals surface area contributed by atoms with Crippen molar-refractivity contribution in [3.8, 4) is 0 Å². The molecule has 0 amide bonds. The molecule has 0 aromatic heterocycles. The van der Waals surface area contributed by atoms with E-state index in [-0.39, 0.29) is 17.8 Å². The molecule has 1 aromatic carbocycles. The summed E-state index contributed by atoms with van der Waals surface area (Å²) >= 11 is 0. The van der Waals surface area contributed by atoms with Crippen LogP contribution in [0.4, 0.5) is 10.1 Å². The molecule has 0 heterocycles. The summed E-state index contributed by atoms with van der Waals surface area (Å²) in [5.41, 5.74) is 0.956. The van der Waals surface area contributed by atoms with E-state index in [4.69, 9.17) is 4.74 Å². The maximum atomic E-state index is 13.0. The number of esters is 1. The summed E-state index contributed by atoms with van der Waals surface area (Å²) in [5.74, 6) is -0.481. The number of carbonyl (C=O) groups is 1. The van der Waals surface area contributed by atoms with Gasteiger partial charge in [-0.25, -0.2) is 4.39 Å². The molecule has 4 nitrogen and oxygen atoms in total. The molecule has 0 bridgehead atoms. The predicted octanol–water partition coefficient (Wildman–Crippen LogP) is 2.58. The average molecular weight is 296 g/mol. The molecule has 0 aliphatic carbocycles. The molecule has 1 unspecified atom stereocenters. The fourth-order valence-corrected chi connectivity index (χ4v) is 2.17. The van der Waals surface area contributed by atoms with E-state index < -0.39 is 0 Å². The van der Waals surface area contributed by atoms with Gasteiger partial charge >= 0.3 is 5.97 Å². The SMILES string of the molecule is CCCNC(CCN(CC)c1ccc(F)cc1)C(=O)OC. The van der Waals surface area contributed by atoms with E-state index in [0.29, 0.717) is 13.0 Å². The minimum atomic E-state index is -0.301. The summed E-state index contributed by atoms with van der Waals surface area (Å²) < 4.78 is 17.8. The summed E-state index contributed by atoms with van der Waals surface area (Å²) in [6.07, 6.45) is 1.61. The fraction of sp³-hybridized carbons (Fsp3) is 0.562. The second-order valence-corrected chi connectivity index (χ2v) is 4.87. The number of halogens is 1. The number of nitrogens with zero attached hydrogens (tertiary/aromatic N) is 1. The van der Waals surface area contributed by atoms with Crippen LogP contribution >= 0.6 is 0 Å². The molecule has 0 aliphatic rings.